The fraction of sp³-hybridized carbons (Fsp3) is 0.200. The van der Waals surface area contributed by atoms with Crippen LogP contribution in [0.2, 0.25) is 0 Å². The highest BCUT2D eigenvalue weighted by Gasteiger charge is 2.41. The summed E-state index contributed by atoms with van der Waals surface area (Å²) >= 11 is 0. The van der Waals surface area contributed by atoms with Gasteiger partial charge in [-0.3, -0.25) is 0 Å². The average molecular weight is 497 g/mol. The quantitative estimate of drug-likeness (QED) is 0.344. The lowest BCUT2D eigenvalue weighted by Crippen LogP contribution is -2.20. The minimum atomic E-state index is -0.886. The van der Waals surface area contributed by atoms with Gasteiger partial charge in [-0.1, -0.05) is 48.6 Å². The maximum atomic E-state index is 9.67. The smallest absolute Gasteiger partial charge is 0.493 e. The summed E-state index contributed by atoms with van der Waals surface area (Å²) < 4.78 is 11.6. The Bertz CT molecular complexity index is 1490. The maximum absolute atomic E-state index is 9.67. The molecule has 0 amide bonds. The zero-order valence-corrected chi connectivity index (χ0v) is 21.1. The molecule has 0 saturated heterocycles. The Balaban J connectivity index is 1.93. The third-order valence-electron chi connectivity index (χ3n) is 5.89. The van der Waals surface area contributed by atoms with E-state index in [1.807, 2.05) is 36.4 Å². The first kappa shape index (κ1) is 26.8. The lowest BCUT2D eigenvalue weighted by atomic mass is 9.94. The highest BCUT2D eigenvalue weighted by Crippen LogP contribution is 2.42. The molecule has 0 radical (unpaired) electrons. The van der Waals surface area contributed by atoms with E-state index < -0.39 is 11.2 Å². The first-order chi connectivity index (χ1) is 18.1. The Morgan fingerprint density at radius 1 is 0.763 bits per heavy atom. The number of nitrogens with zero attached hydrogens (tertiary/aromatic N) is 6. The van der Waals surface area contributed by atoms with Gasteiger partial charge in [-0.05, 0) is 38.8 Å². The van der Waals surface area contributed by atoms with Crippen LogP contribution < -0.4 is 0 Å². The molecular weight excluding hydrogens is 476 g/mol. The SMILES string of the molecule is [C-]#[N+]C([N+]#[C-])=C1OC(C)(C)C(/C=C/c2ccc(/C=C/C3=C([N+]#[C-])C(=C(C#N)C#N)OC3(C)C)cc2)=C1C#N. The van der Waals surface area contributed by atoms with Gasteiger partial charge >= 0.3 is 5.82 Å². The van der Waals surface area contributed by atoms with Crippen LogP contribution in [0.25, 0.3) is 26.7 Å². The summed E-state index contributed by atoms with van der Waals surface area (Å²) in [5.41, 5.74) is 1.13. The topological polar surface area (TPSA) is 103 Å². The van der Waals surface area contributed by atoms with Crippen molar-refractivity contribution >= 4 is 12.2 Å². The first-order valence-electron chi connectivity index (χ1n) is 11.2. The van der Waals surface area contributed by atoms with Crippen molar-refractivity contribution < 1.29 is 9.47 Å². The van der Waals surface area contributed by atoms with Crippen LogP contribution in [-0.4, -0.2) is 11.2 Å². The van der Waals surface area contributed by atoms with Crippen molar-refractivity contribution in [2.24, 2.45) is 0 Å². The molecule has 0 saturated carbocycles. The van der Waals surface area contributed by atoms with Gasteiger partial charge in [0.05, 0.1) is 12.1 Å². The number of ether oxygens (including phenoxy) is 2. The number of hydrogen-bond acceptors (Lipinski definition) is 5. The van der Waals surface area contributed by atoms with E-state index in [1.54, 1.807) is 52.0 Å². The van der Waals surface area contributed by atoms with Crippen LogP contribution in [0.5, 0.6) is 0 Å². The molecule has 0 spiro atoms. The lowest BCUT2D eigenvalue weighted by Gasteiger charge is -2.21. The molecule has 0 atom stereocenters. The number of nitriles is 3. The minimum Gasteiger partial charge on any atom is -0.493 e. The third kappa shape index (κ3) is 4.94. The number of hydrogen-bond donors (Lipinski definition) is 0. The lowest BCUT2D eigenvalue weighted by molar-refractivity contribution is 0.0949. The van der Waals surface area contributed by atoms with Gasteiger partial charge in [-0.2, -0.15) is 25.5 Å². The van der Waals surface area contributed by atoms with Crippen LogP contribution in [-0.2, 0) is 9.47 Å². The molecule has 0 N–H and O–H groups in total. The molecule has 182 valence electrons. The van der Waals surface area contributed by atoms with Crippen molar-refractivity contribution in [2.75, 3.05) is 0 Å². The normalized spacial score (nSPS) is 17.1. The Morgan fingerprint density at radius 2 is 1.24 bits per heavy atom. The van der Waals surface area contributed by atoms with Crippen LogP contribution in [0, 0.1) is 53.7 Å². The number of allylic oxidation sites excluding steroid dienone is 2. The fourth-order valence-electron chi connectivity index (χ4n) is 3.99. The van der Waals surface area contributed by atoms with E-state index in [9.17, 15) is 15.8 Å². The van der Waals surface area contributed by atoms with Gasteiger partial charge in [0.1, 0.15) is 42.6 Å². The van der Waals surface area contributed by atoms with Crippen LogP contribution in [0.15, 0.2) is 81.7 Å². The number of benzene rings is 1. The molecule has 8 heteroatoms. The zero-order valence-electron chi connectivity index (χ0n) is 21.1. The van der Waals surface area contributed by atoms with E-state index in [1.165, 1.54) is 0 Å². The van der Waals surface area contributed by atoms with Gasteiger partial charge < -0.3 is 9.47 Å². The second-order valence-electron chi connectivity index (χ2n) is 9.14. The monoisotopic (exact) mass is 496 g/mol. The summed E-state index contributed by atoms with van der Waals surface area (Å²) in [4.78, 5) is 9.87. The Hall–Kier alpha value is -5.80. The molecule has 0 aliphatic carbocycles. The average Bonchev–Trinajstić information content (AvgIpc) is 3.30. The Kier molecular flexibility index (Phi) is 7.36. The molecule has 0 fully saturated rings. The van der Waals surface area contributed by atoms with Gasteiger partial charge in [0.25, 0.3) is 0 Å². The fourth-order valence-corrected chi connectivity index (χ4v) is 3.99. The molecule has 2 aliphatic heterocycles. The van der Waals surface area contributed by atoms with Crippen molar-refractivity contribution in [2.45, 2.75) is 38.9 Å². The largest absolute Gasteiger partial charge is 0.563 e. The van der Waals surface area contributed by atoms with Gasteiger partial charge in [0.2, 0.25) is 11.5 Å². The predicted molar refractivity (Wildman–Crippen MR) is 140 cm³/mol. The summed E-state index contributed by atoms with van der Waals surface area (Å²) in [6, 6.07) is 13.1. The highest BCUT2D eigenvalue weighted by atomic mass is 16.5. The number of rotatable bonds is 4. The molecular formula is C30H20N6O2. The van der Waals surface area contributed by atoms with E-state index in [4.69, 9.17) is 29.2 Å². The van der Waals surface area contributed by atoms with Crippen molar-refractivity contribution in [1.29, 1.82) is 15.8 Å². The second kappa shape index (κ2) is 10.4. The van der Waals surface area contributed by atoms with E-state index in [0.29, 0.717) is 11.1 Å². The molecule has 1 aromatic rings. The van der Waals surface area contributed by atoms with Crippen molar-refractivity contribution in [3.63, 3.8) is 0 Å². The van der Waals surface area contributed by atoms with E-state index >= 15 is 0 Å². The molecule has 0 unspecified atom stereocenters. The first-order valence-corrected chi connectivity index (χ1v) is 11.2. The van der Waals surface area contributed by atoms with Crippen molar-refractivity contribution in [3.05, 3.63) is 127 Å². The molecule has 0 bridgehead atoms. The molecule has 2 heterocycles. The minimum absolute atomic E-state index is 0.00193. The molecule has 38 heavy (non-hydrogen) atoms. The van der Waals surface area contributed by atoms with E-state index in [-0.39, 0.29) is 34.2 Å². The summed E-state index contributed by atoms with van der Waals surface area (Å²) in [5, 5.41) is 28.1. The third-order valence-corrected chi connectivity index (χ3v) is 5.89. The van der Waals surface area contributed by atoms with Crippen LogP contribution >= 0.6 is 0 Å². The van der Waals surface area contributed by atoms with Crippen LogP contribution in [0.1, 0.15) is 38.8 Å². The molecule has 2 aliphatic rings. The standard InChI is InChI=1S/C30H20N6O2/c1-29(2)23(22(18-33)27(38-29)28(35-6)36-7)14-12-19-8-10-20(11-9-19)13-15-24-25(34-5)26(21(16-31)17-32)37-30(24,3)4/h8-15H,1-4H3/b14-12+,15-13+. The van der Waals surface area contributed by atoms with E-state index in [2.05, 4.69) is 20.6 Å². The highest BCUT2D eigenvalue weighted by molar-refractivity contribution is 5.65. The Morgan fingerprint density at radius 3 is 1.68 bits per heavy atom. The summed E-state index contributed by atoms with van der Waals surface area (Å²) in [6.45, 7) is 29.0. The molecule has 0 aromatic heterocycles. The Labute approximate surface area is 221 Å². The van der Waals surface area contributed by atoms with Gasteiger partial charge in [-0.15, -0.1) is 0 Å². The van der Waals surface area contributed by atoms with Crippen LogP contribution in [0.3, 0.4) is 0 Å². The van der Waals surface area contributed by atoms with Crippen LogP contribution in [0.4, 0.5) is 0 Å². The molecule has 3 rings (SSSR count). The van der Waals surface area contributed by atoms with E-state index in [0.717, 1.165) is 11.1 Å². The molecule has 1 aromatic carbocycles. The summed E-state index contributed by atoms with van der Waals surface area (Å²) in [7, 11) is 0. The zero-order chi connectivity index (χ0) is 28.1. The predicted octanol–water partition coefficient (Wildman–Crippen LogP) is 6.63. The van der Waals surface area contributed by atoms with Crippen molar-refractivity contribution in [1.82, 2.24) is 0 Å². The van der Waals surface area contributed by atoms with Gasteiger partial charge in [0, 0.05) is 11.1 Å². The van der Waals surface area contributed by atoms with Crippen molar-refractivity contribution in [3.8, 4) is 18.2 Å². The summed E-state index contributed by atoms with van der Waals surface area (Å²) in [6.07, 6.45) is 7.14. The summed E-state index contributed by atoms with van der Waals surface area (Å²) in [5.74, 6) is -0.275. The van der Waals surface area contributed by atoms with Gasteiger partial charge in [-0.25, -0.2) is 4.85 Å². The maximum Gasteiger partial charge on any atom is 0.563 e. The molecule has 8 nitrogen and oxygen atoms in total. The second-order valence-corrected chi connectivity index (χ2v) is 9.14. The van der Waals surface area contributed by atoms with Gasteiger partial charge in [0.15, 0.2) is 11.3 Å².